The zero-order valence-electron chi connectivity index (χ0n) is 13.9. The number of halogens is 2. The van der Waals surface area contributed by atoms with Gasteiger partial charge < -0.3 is 9.80 Å². The summed E-state index contributed by atoms with van der Waals surface area (Å²) in [5, 5.41) is 0. The zero-order chi connectivity index (χ0) is 17.4. The van der Waals surface area contributed by atoms with Crippen LogP contribution in [-0.4, -0.2) is 52.9 Å². The number of alkyl halides is 2. The van der Waals surface area contributed by atoms with E-state index in [2.05, 4.69) is 14.9 Å². The Morgan fingerprint density at radius 3 is 2.60 bits per heavy atom. The van der Waals surface area contributed by atoms with Crippen molar-refractivity contribution in [2.45, 2.75) is 25.2 Å². The Kier molecular flexibility index (Phi) is 4.01. The lowest BCUT2D eigenvalue weighted by molar-refractivity contribution is -0.140. The molecule has 4 rings (SSSR count). The second kappa shape index (κ2) is 6.20. The number of rotatable bonds is 2. The summed E-state index contributed by atoms with van der Waals surface area (Å²) in [5.74, 6) is -2.02. The molecule has 132 valence electrons. The smallest absolute Gasteiger partial charge is 0.251 e. The largest absolute Gasteiger partial charge is 0.354 e. The van der Waals surface area contributed by atoms with Crippen molar-refractivity contribution < 1.29 is 13.6 Å². The van der Waals surface area contributed by atoms with Gasteiger partial charge in [-0.1, -0.05) is 12.1 Å². The normalized spacial score (nSPS) is 23.2. The minimum atomic E-state index is -2.63. The minimum Gasteiger partial charge on any atom is -0.354 e. The van der Waals surface area contributed by atoms with Gasteiger partial charge in [0.15, 0.2) is 0 Å². The summed E-state index contributed by atoms with van der Waals surface area (Å²) < 4.78 is 26.5. The van der Waals surface area contributed by atoms with Crippen molar-refractivity contribution >= 4 is 22.8 Å². The van der Waals surface area contributed by atoms with Gasteiger partial charge in [0.2, 0.25) is 5.91 Å². The molecule has 0 aliphatic carbocycles. The van der Waals surface area contributed by atoms with E-state index in [1.165, 1.54) is 0 Å². The Hall–Kier alpha value is -2.31. The van der Waals surface area contributed by atoms with Gasteiger partial charge in [-0.2, -0.15) is 0 Å². The van der Waals surface area contributed by atoms with Gasteiger partial charge in [0, 0.05) is 39.0 Å². The van der Waals surface area contributed by atoms with Crippen LogP contribution in [-0.2, 0) is 4.79 Å². The van der Waals surface area contributed by atoms with Crippen LogP contribution in [0.25, 0.3) is 11.0 Å². The van der Waals surface area contributed by atoms with Crippen molar-refractivity contribution in [1.29, 1.82) is 0 Å². The molecule has 2 aliphatic heterocycles. The van der Waals surface area contributed by atoms with E-state index < -0.39 is 5.92 Å². The van der Waals surface area contributed by atoms with E-state index in [4.69, 9.17) is 0 Å². The van der Waals surface area contributed by atoms with E-state index in [0.717, 1.165) is 29.8 Å². The Labute approximate surface area is 144 Å². The standard InChI is InChI=1S/C18H20F2N4O/c19-18(20)6-9-23(10-7-18)17(25)13-5-8-24(12-13)16-11-21-14-3-1-2-4-15(14)22-16/h1-4,11,13H,5-10,12H2. The summed E-state index contributed by atoms with van der Waals surface area (Å²) in [7, 11) is 0. The number of amides is 1. The highest BCUT2D eigenvalue weighted by Gasteiger charge is 2.39. The van der Waals surface area contributed by atoms with Gasteiger partial charge in [-0.05, 0) is 18.6 Å². The summed E-state index contributed by atoms with van der Waals surface area (Å²) in [6, 6.07) is 7.67. The molecular weight excluding hydrogens is 326 g/mol. The third-order valence-electron chi connectivity index (χ3n) is 5.10. The molecule has 0 spiro atoms. The van der Waals surface area contributed by atoms with Gasteiger partial charge in [-0.15, -0.1) is 0 Å². The van der Waals surface area contributed by atoms with Crippen LogP contribution >= 0.6 is 0 Å². The van der Waals surface area contributed by atoms with Gasteiger partial charge in [0.25, 0.3) is 5.92 Å². The number of para-hydroxylation sites is 2. The van der Waals surface area contributed by atoms with Crippen molar-refractivity contribution in [3.63, 3.8) is 0 Å². The van der Waals surface area contributed by atoms with Crippen LogP contribution in [0.4, 0.5) is 14.6 Å². The van der Waals surface area contributed by atoms with Crippen molar-refractivity contribution in [3.8, 4) is 0 Å². The lowest BCUT2D eigenvalue weighted by atomic mass is 10.0. The number of anilines is 1. The van der Waals surface area contributed by atoms with Crippen molar-refractivity contribution in [2.24, 2.45) is 5.92 Å². The predicted molar refractivity (Wildman–Crippen MR) is 90.6 cm³/mol. The Balaban J connectivity index is 1.43. The molecule has 1 aromatic carbocycles. The first-order chi connectivity index (χ1) is 12.0. The van der Waals surface area contributed by atoms with Crippen LogP contribution in [0, 0.1) is 5.92 Å². The monoisotopic (exact) mass is 346 g/mol. The Bertz CT molecular complexity index is 787. The fourth-order valence-corrected chi connectivity index (χ4v) is 3.58. The third kappa shape index (κ3) is 3.27. The quantitative estimate of drug-likeness (QED) is 0.839. The molecule has 7 heteroatoms. The highest BCUT2D eigenvalue weighted by molar-refractivity contribution is 5.80. The molecule has 2 aromatic rings. The van der Waals surface area contributed by atoms with Crippen LogP contribution in [0.15, 0.2) is 30.5 Å². The highest BCUT2D eigenvalue weighted by atomic mass is 19.3. The predicted octanol–water partition coefficient (Wildman–Crippen LogP) is 2.71. The topological polar surface area (TPSA) is 49.3 Å². The van der Waals surface area contributed by atoms with Crippen LogP contribution in [0.5, 0.6) is 0 Å². The number of carbonyl (C=O) groups is 1. The molecule has 25 heavy (non-hydrogen) atoms. The van der Waals surface area contributed by atoms with E-state index >= 15 is 0 Å². The molecule has 1 atom stereocenters. The van der Waals surface area contributed by atoms with Crippen LogP contribution in [0.3, 0.4) is 0 Å². The van der Waals surface area contributed by atoms with Gasteiger partial charge in [-0.25, -0.2) is 13.8 Å². The van der Waals surface area contributed by atoms with Crippen LogP contribution in [0.1, 0.15) is 19.3 Å². The van der Waals surface area contributed by atoms with Crippen molar-refractivity contribution in [1.82, 2.24) is 14.9 Å². The second-order valence-electron chi connectivity index (χ2n) is 6.83. The fraction of sp³-hybridized carbons (Fsp3) is 0.500. The first kappa shape index (κ1) is 16.2. The molecule has 5 nitrogen and oxygen atoms in total. The van der Waals surface area contributed by atoms with Gasteiger partial charge >= 0.3 is 0 Å². The highest BCUT2D eigenvalue weighted by Crippen LogP contribution is 2.30. The van der Waals surface area contributed by atoms with E-state index in [1.807, 2.05) is 24.3 Å². The average Bonchev–Trinajstić information content (AvgIpc) is 3.11. The zero-order valence-corrected chi connectivity index (χ0v) is 13.9. The maximum atomic E-state index is 13.3. The number of hydrogen-bond donors (Lipinski definition) is 0. The Morgan fingerprint density at radius 2 is 1.84 bits per heavy atom. The lowest BCUT2D eigenvalue weighted by Gasteiger charge is -2.33. The molecule has 0 bridgehead atoms. The first-order valence-corrected chi connectivity index (χ1v) is 8.65. The summed E-state index contributed by atoms with van der Waals surface area (Å²) in [6.07, 6.45) is 1.99. The summed E-state index contributed by atoms with van der Waals surface area (Å²) >= 11 is 0. The fourth-order valence-electron chi connectivity index (χ4n) is 3.58. The van der Waals surface area contributed by atoms with E-state index in [1.54, 1.807) is 11.1 Å². The van der Waals surface area contributed by atoms with E-state index in [9.17, 15) is 13.6 Å². The summed E-state index contributed by atoms with van der Waals surface area (Å²) in [4.78, 5) is 25.3. The van der Waals surface area contributed by atoms with E-state index in [-0.39, 0.29) is 37.8 Å². The SMILES string of the molecule is O=C(C1CCN(c2cnc3ccccc3n2)C1)N1CCC(F)(F)CC1. The third-order valence-corrected chi connectivity index (χ3v) is 5.10. The van der Waals surface area contributed by atoms with Crippen molar-refractivity contribution in [2.75, 3.05) is 31.1 Å². The molecule has 0 radical (unpaired) electrons. The van der Waals surface area contributed by atoms with Crippen LogP contribution < -0.4 is 4.90 Å². The first-order valence-electron chi connectivity index (χ1n) is 8.65. The number of nitrogens with zero attached hydrogens (tertiary/aromatic N) is 4. The maximum absolute atomic E-state index is 13.3. The molecule has 2 aliphatic rings. The molecule has 0 saturated carbocycles. The number of aromatic nitrogens is 2. The number of hydrogen-bond acceptors (Lipinski definition) is 4. The molecule has 3 heterocycles. The van der Waals surface area contributed by atoms with Crippen molar-refractivity contribution in [3.05, 3.63) is 30.5 Å². The van der Waals surface area contributed by atoms with Gasteiger partial charge in [0.1, 0.15) is 5.82 Å². The summed E-state index contributed by atoms with van der Waals surface area (Å²) in [5.41, 5.74) is 1.67. The molecule has 2 saturated heterocycles. The maximum Gasteiger partial charge on any atom is 0.251 e. The van der Waals surface area contributed by atoms with Crippen LogP contribution in [0.2, 0.25) is 0 Å². The molecule has 2 fully saturated rings. The van der Waals surface area contributed by atoms with Gasteiger partial charge in [-0.3, -0.25) is 9.78 Å². The molecule has 1 amide bonds. The number of piperidine rings is 1. The number of likely N-dealkylation sites (tertiary alicyclic amines) is 1. The molecule has 1 aromatic heterocycles. The molecule has 0 N–H and O–H groups in total. The van der Waals surface area contributed by atoms with E-state index in [0.29, 0.717) is 6.54 Å². The number of benzene rings is 1. The second-order valence-corrected chi connectivity index (χ2v) is 6.83. The summed E-state index contributed by atoms with van der Waals surface area (Å²) in [6.45, 7) is 1.60. The number of carbonyl (C=O) groups excluding carboxylic acids is 1. The average molecular weight is 346 g/mol. The molecular formula is C18H20F2N4O. The molecule has 1 unspecified atom stereocenters. The Morgan fingerprint density at radius 1 is 1.12 bits per heavy atom. The van der Waals surface area contributed by atoms with Gasteiger partial charge in [0.05, 0.1) is 23.1 Å². The number of fused-ring (bicyclic) bond motifs is 1. The minimum absolute atomic E-state index is 0.00764. The lowest BCUT2D eigenvalue weighted by Crippen LogP contribution is -2.45.